The fourth-order valence-corrected chi connectivity index (χ4v) is 3.51. The van der Waals surface area contributed by atoms with Gasteiger partial charge in [0.2, 0.25) is 0 Å². The Morgan fingerprint density at radius 3 is 2.80 bits per heavy atom. The second-order valence-corrected chi connectivity index (χ2v) is 6.13. The molecule has 0 aromatic heterocycles. The highest BCUT2D eigenvalue weighted by Gasteiger charge is 2.20. The van der Waals surface area contributed by atoms with E-state index in [0.29, 0.717) is 6.54 Å². The third-order valence-electron chi connectivity index (χ3n) is 3.53. The number of alkyl halides is 1. The van der Waals surface area contributed by atoms with Gasteiger partial charge in [-0.1, -0.05) is 57.9 Å². The summed E-state index contributed by atoms with van der Waals surface area (Å²) in [5.74, 6) is 0.00644. The minimum atomic E-state index is -0.0174. The van der Waals surface area contributed by atoms with Gasteiger partial charge in [-0.15, -0.1) is 0 Å². The molecule has 0 fully saturated rings. The normalized spacial score (nSPS) is 15.4. The Hall–Kier alpha value is -1.32. The van der Waals surface area contributed by atoms with Gasteiger partial charge in [-0.25, -0.2) is 0 Å². The Bertz CT molecular complexity index is 671. The highest BCUT2D eigenvalue weighted by atomic mass is 79.9. The zero-order chi connectivity index (χ0) is 14.1. The van der Waals surface area contributed by atoms with Crippen molar-refractivity contribution in [2.75, 3.05) is 6.54 Å². The van der Waals surface area contributed by atoms with Crippen LogP contribution in [0.25, 0.3) is 0 Å². The molecule has 1 heterocycles. The topological polar surface area (TPSA) is 29.1 Å². The molecule has 1 aliphatic heterocycles. The minimum Gasteiger partial charge on any atom is -0.352 e. The standard InChI is InChI=1S/C16H13BrClNO/c17-15(12-3-1-2-4-14(12)18)11-6-5-10-7-8-19-16(20)13(10)9-11/h1-6,9,15H,7-8H2,(H,19,20). The first kappa shape index (κ1) is 13.7. The highest BCUT2D eigenvalue weighted by Crippen LogP contribution is 2.36. The van der Waals surface area contributed by atoms with E-state index < -0.39 is 0 Å². The number of fused-ring (bicyclic) bond motifs is 1. The molecule has 0 saturated carbocycles. The zero-order valence-corrected chi connectivity index (χ0v) is 13.0. The lowest BCUT2D eigenvalue weighted by atomic mass is 9.95. The molecule has 0 bridgehead atoms. The number of rotatable bonds is 2. The molecule has 1 unspecified atom stereocenters. The van der Waals surface area contributed by atoms with E-state index >= 15 is 0 Å². The van der Waals surface area contributed by atoms with Crippen molar-refractivity contribution in [3.63, 3.8) is 0 Å². The minimum absolute atomic E-state index is 0.00644. The Kier molecular flexibility index (Phi) is 3.81. The molecule has 2 aromatic rings. The molecular formula is C16H13BrClNO. The van der Waals surface area contributed by atoms with Crippen molar-refractivity contribution in [1.82, 2.24) is 5.32 Å². The molecule has 20 heavy (non-hydrogen) atoms. The average molecular weight is 351 g/mol. The van der Waals surface area contributed by atoms with Crippen molar-refractivity contribution in [1.29, 1.82) is 0 Å². The summed E-state index contributed by atoms with van der Waals surface area (Å²) < 4.78 is 0. The predicted molar refractivity (Wildman–Crippen MR) is 84.7 cm³/mol. The number of carbonyl (C=O) groups is 1. The Balaban J connectivity index is 2.01. The molecule has 1 amide bonds. The van der Waals surface area contributed by atoms with Crippen LogP contribution in [0.1, 0.15) is 31.9 Å². The fourth-order valence-electron chi connectivity index (χ4n) is 2.45. The molecule has 1 aliphatic rings. The van der Waals surface area contributed by atoms with Crippen LogP contribution in [0.15, 0.2) is 42.5 Å². The molecule has 3 rings (SSSR count). The van der Waals surface area contributed by atoms with E-state index in [2.05, 4.69) is 27.3 Å². The number of hydrogen-bond donors (Lipinski definition) is 1. The second kappa shape index (κ2) is 5.58. The van der Waals surface area contributed by atoms with Gasteiger partial charge in [0.1, 0.15) is 0 Å². The molecule has 0 radical (unpaired) electrons. The maximum absolute atomic E-state index is 11.9. The molecule has 0 spiro atoms. The summed E-state index contributed by atoms with van der Waals surface area (Å²) in [7, 11) is 0. The van der Waals surface area contributed by atoms with Gasteiger partial charge in [0.15, 0.2) is 0 Å². The van der Waals surface area contributed by atoms with E-state index in [9.17, 15) is 4.79 Å². The monoisotopic (exact) mass is 349 g/mol. The third kappa shape index (κ3) is 2.48. The van der Waals surface area contributed by atoms with Crippen molar-refractivity contribution in [2.24, 2.45) is 0 Å². The molecule has 2 nitrogen and oxygen atoms in total. The SMILES string of the molecule is O=C1NCCc2ccc(C(Br)c3ccccc3Cl)cc21. The maximum atomic E-state index is 11.9. The molecule has 1 N–H and O–H groups in total. The van der Waals surface area contributed by atoms with Crippen LogP contribution in [0.3, 0.4) is 0 Å². The molecule has 4 heteroatoms. The number of nitrogens with one attached hydrogen (secondary N) is 1. The Morgan fingerprint density at radius 2 is 2.00 bits per heavy atom. The van der Waals surface area contributed by atoms with Gasteiger partial charge >= 0.3 is 0 Å². The number of hydrogen-bond acceptors (Lipinski definition) is 1. The summed E-state index contributed by atoms with van der Waals surface area (Å²) in [6, 6.07) is 13.8. The van der Waals surface area contributed by atoms with Crippen molar-refractivity contribution in [3.05, 3.63) is 69.7 Å². The molecule has 0 aliphatic carbocycles. The zero-order valence-electron chi connectivity index (χ0n) is 10.7. The van der Waals surface area contributed by atoms with Crippen molar-refractivity contribution < 1.29 is 4.79 Å². The van der Waals surface area contributed by atoms with E-state index in [-0.39, 0.29) is 10.7 Å². The van der Waals surface area contributed by atoms with Gasteiger partial charge in [0.05, 0.1) is 4.83 Å². The smallest absolute Gasteiger partial charge is 0.251 e. The van der Waals surface area contributed by atoms with Crippen molar-refractivity contribution >= 4 is 33.4 Å². The van der Waals surface area contributed by atoms with Crippen LogP contribution in [0.5, 0.6) is 0 Å². The van der Waals surface area contributed by atoms with E-state index in [1.54, 1.807) is 0 Å². The number of halogens is 2. The summed E-state index contributed by atoms with van der Waals surface area (Å²) in [5, 5.41) is 3.59. The lowest BCUT2D eigenvalue weighted by Crippen LogP contribution is -2.31. The van der Waals surface area contributed by atoms with Crippen molar-refractivity contribution in [2.45, 2.75) is 11.2 Å². The van der Waals surface area contributed by atoms with Crippen LogP contribution >= 0.6 is 27.5 Å². The first-order valence-corrected chi connectivity index (χ1v) is 7.75. The van der Waals surface area contributed by atoms with Gasteiger partial charge in [0.25, 0.3) is 5.91 Å². The largest absolute Gasteiger partial charge is 0.352 e. The summed E-state index contributed by atoms with van der Waals surface area (Å²) >= 11 is 9.91. The van der Waals surface area contributed by atoms with E-state index in [1.165, 1.54) is 0 Å². The van der Waals surface area contributed by atoms with Gasteiger partial charge in [-0.3, -0.25) is 4.79 Å². The Labute approximate surface area is 131 Å². The summed E-state index contributed by atoms with van der Waals surface area (Å²) in [6.07, 6.45) is 0.889. The first-order valence-electron chi connectivity index (χ1n) is 6.46. The van der Waals surface area contributed by atoms with Crippen LogP contribution in [0, 0.1) is 0 Å². The fraction of sp³-hybridized carbons (Fsp3) is 0.188. The maximum Gasteiger partial charge on any atom is 0.251 e. The van der Waals surface area contributed by atoms with E-state index in [4.69, 9.17) is 11.6 Å². The molecule has 0 saturated heterocycles. The summed E-state index contributed by atoms with van der Waals surface area (Å²) in [4.78, 5) is 11.9. The number of benzene rings is 2. The first-order chi connectivity index (χ1) is 9.66. The molecule has 102 valence electrons. The summed E-state index contributed by atoms with van der Waals surface area (Å²) in [5.41, 5.74) is 3.92. The van der Waals surface area contributed by atoms with E-state index in [0.717, 1.165) is 33.7 Å². The van der Waals surface area contributed by atoms with Gasteiger partial charge in [0, 0.05) is 17.1 Å². The Morgan fingerprint density at radius 1 is 1.20 bits per heavy atom. The predicted octanol–water partition coefficient (Wildman–Crippen LogP) is 4.11. The molecular weight excluding hydrogens is 338 g/mol. The van der Waals surface area contributed by atoms with Crippen molar-refractivity contribution in [3.8, 4) is 0 Å². The van der Waals surface area contributed by atoms with Crippen LogP contribution in [-0.4, -0.2) is 12.5 Å². The van der Waals surface area contributed by atoms with Gasteiger partial charge in [-0.05, 0) is 35.2 Å². The van der Waals surface area contributed by atoms with Gasteiger partial charge < -0.3 is 5.32 Å². The summed E-state index contributed by atoms with van der Waals surface area (Å²) in [6.45, 7) is 0.716. The molecule has 1 atom stereocenters. The van der Waals surface area contributed by atoms with Crippen LogP contribution < -0.4 is 5.32 Å². The quantitative estimate of drug-likeness (QED) is 0.811. The highest BCUT2D eigenvalue weighted by molar-refractivity contribution is 9.09. The number of amides is 1. The van der Waals surface area contributed by atoms with Crippen LogP contribution in [-0.2, 0) is 6.42 Å². The molecule has 2 aromatic carbocycles. The van der Waals surface area contributed by atoms with E-state index in [1.807, 2.05) is 36.4 Å². The lowest BCUT2D eigenvalue weighted by molar-refractivity contribution is 0.0946. The number of carbonyl (C=O) groups excluding carboxylic acids is 1. The second-order valence-electron chi connectivity index (χ2n) is 4.81. The van der Waals surface area contributed by atoms with Crippen LogP contribution in [0.4, 0.5) is 0 Å². The third-order valence-corrected chi connectivity index (χ3v) is 4.90. The van der Waals surface area contributed by atoms with Crippen LogP contribution in [0.2, 0.25) is 5.02 Å². The average Bonchev–Trinajstić information content (AvgIpc) is 2.47. The van der Waals surface area contributed by atoms with Gasteiger partial charge in [-0.2, -0.15) is 0 Å². The lowest BCUT2D eigenvalue weighted by Gasteiger charge is -2.19.